The van der Waals surface area contributed by atoms with Gasteiger partial charge in [0, 0.05) is 30.8 Å². The number of hydrogen-bond acceptors (Lipinski definition) is 2. The molecule has 0 atom stereocenters. The SMILES string of the molecule is CCC(=O)Nc1ccc(C(=O)N(CC(C)C)CC(C)C)cc1. The standard InChI is InChI=1S/C18H28N2O2/c1-6-17(21)19-16-9-7-15(8-10-16)18(22)20(11-13(2)3)12-14(4)5/h7-10,13-14H,6,11-12H2,1-5H3,(H,19,21). The van der Waals surface area contributed by atoms with Gasteiger partial charge >= 0.3 is 0 Å². The first-order valence-corrected chi connectivity index (χ1v) is 8.02. The Hall–Kier alpha value is -1.84. The minimum Gasteiger partial charge on any atom is -0.338 e. The van der Waals surface area contributed by atoms with Crippen molar-refractivity contribution in [1.82, 2.24) is 4.90 Å². The van der Waals surface area contributed by atoms with Crippen LogP contribution in [0.3, 0.4) is 0 Å². The first kappa shape index (κ1) is 18.2. The molecule has 0 fully saturated rings. The highest BCUT2D eigenvalue weighted by Gasteiger charge is 2.18. The molecular formula is C18H28N2O2. The average Bonchev–Trinajstić information content (AvgIpc) is 2.45. The zero-order valence-electron chi connectivity index (χ0n) is 14.3. The van der Waals surface area contributed by atoms with Gasteiger partial charge in [-0.15, -0.1) is 0 Å². The van der Waals surface area contributed by atoms with Crippen molar-refractivity contribution in [2.75, 3.05) is 18.4 Å². The number of carbonyl (C=O) groups is 2. The predicted octanol–water partition coefficient (Wildman–Crippen LogP) is 3.79. The number of nitrogens with one attached hydrogen (secondary N) is 1. The maximum atomic E-state index is 12.6. The van der Waals surface area contributed by atoms with E-state index in [1.54, 1.807) is 24.3 Å². The molecule has 0 radical (unpaired) electrons. The number of amides is 2. The predicted molar refractivity (Wildman–Crippen MR) is 90.9 cm³/mol. The van der Waals surface area contributed by atoms with Crippen molar-refractivity contribution in [2.45, 2.75) is 41.0 Å². The average molecular weight is 304 g/mol. The van der Waals surface area contributed by atoms with Crippen LogP contribution in [-0.4, -0.2) is 29.8 Å². The smallest absolute Gasteiger partial charge is 0.253 e. The number of carbonyl (C=O) groups excluding carboxylic acids is 2. The van der Waals surface area contributed by atoms with Crippen molar-refractivity contribution in [3.63, 3.8) is 0 Å². The van der Waals surface area contributed by atoms with Gasteiger partial charge in [0.25, 0.3) is 5.91 Å². The van der Waals surface area contributed by atoms with Crippen LogP contribution in [0.25, 0.3) is 0 Å². The molecule has 2 amide bonds. The number of rotatable bonds is 7. The number of anilines is 1. The number of nitrogens with zero attached hydrogens (tertiary/aromatic N) is 1. The zero-order chi connectivity index (χ0) is 16.7. The Morgan fingerprint density at radius 1 is 1.00 bits per heavy atom. The summed E-state index contributed by atoms with van der Waals surface area (Å²) in [5.41, 5.74) is 1.39. The van der Waals surface area contributed by atoms with Gasteiger partial charge in [-0.1, -0.05) is 34.6 Å². The second-order valence-electron chi connectivity index (χ2n) is 6.48. The molecule has 0 saturated heterocycles. The summed E-state index contributed by atoms with van der Waals surface area (Å²) in [5.74, 6) is 0.896. The highest BCUT2D eigenvalue weighted by atomic mass is 16.2. The van der Waals surface area contributed by atoms with Crippen LogP contribution in [-0.2, 0) is 4.79 Å². The second-order valence-corrected chi connectivity index (χ2v) is 6.48. The summed E-state index contributed by atoms with van der Waals surface area (Å²) in [6.45, 7) is 11.8. The molecule has 0 heterocycles. The highest BCUT2D eigenvalue weighted by Crippen LogP contribution is 2.14. The highest BCUT2D eigenvalue weighted by molar-refractivity contribution is 5.95. The molecule has 122 valence electrons. The van der Waals surface area contributed by atoms with Gasteiger partial charge in [-0.05, 0) is 36.1 Å². The summed E-state index contributed by atoms with van der Waals surface area (Å²) in [5, 5.41) is 2.79. The molecule has 4 nitrogen and oxygen atoms in total. The van der Waals surface area contributed by atoms with Crippen molar-refractivity contribution in [2.24, 2.45) is 11.8 Å². The lowest BCUT2D eigenvalue weighted by Crippen LogP contribution is -2.37. The third kappa shape index (κ3) is 5.88. The van der Waals surface area contributed by atoms with Crippen molar-refractivity contribution in [1.29, 1.82) is 0 Å². The van der Waals surface area contributed by atoms with E-state index >= 15 is 0 Å². The van der Waals surface area contributed by atoms with E-state index in [4.69, 9.17) is 0 Å². The normalized spacial score (nSPS) is 10.9. The molecule has 0 aliphatic rings. The van der Waals surface area contributed by atoms with Gasteiger partial charge in [0.2, 0.25) is 5.91 Å². The van der Waals surface area contributed by atoms with E-state index in [-0.39, 0.29) is 11.8 Å². The summed E-state index contributed by atoms with van der Waals surface area (Å²) in [6, 6.07) is 7.12. The molecule has 0 spiro atoms. The Morgan fingerprint density at radius 2 is 1.50 bits per heavy atom. The molecular weight excluding hydrogens is 276 g/mol. The van der Waals surface area contributed by atoms with Crippen molar-refractivity contribution in [3.05, 3.63) is 29.8 Å². The Morgan fingerprint density at radius 3 is 1.91 bits per heavy atom. The molecule has 1 aromatic rings. The van der Waals surface area contributed by atoms with Gasteiger partial charge in [-0.3, -0.25) is 9.59 Å². The molecule has 0 aliphatic heterocycles. The molecule has 0 unspecified atom stereocenters. The molecule has 4 heteroatoms. The zero-order valence-corrected chi connectivity index (χ0v) is 14.3. The largest absolute Gasteiger partial charge is 0.338 e. The Kier molecular flexibility index (Phi) is 7.09. The van der Waals surface area contributed by atoms with E-state index < -0.39 is 0 Å². The maximum Gasteiger partial charge on any atom is 0.253 e. The van der Waals surface area contributed by atoms with Crippen molar-refractivity contribution >= 4 is 17.5 Å². The Bertz CT molecular complexity index is 482. The van der Waals surface area contributed by atoms with Gasteiger partial charge in [0.1, 0.15) is 0 Å². The Balaban J connectivity index is 2.82. The fourth-order valence-electron chi connectivity index (χ4n) is 2.25. The van der Waals surface area contributed by atoms with Crippen LogP contribution < -0.4 is 5.32 Å². The first-order valence-electron chi connectivity index (χ1n) is 8.02. The van der Waals surface area contributed by atoms with Gasteiger partial charge < -0.3 is 10.2 Å². The maximum absolute atomic E-state index is 12.6. The first-order chi connectivity index (χ1) is 10.3. The van der Waals surface area contributed by atoms with E-state index in [1.807, 2.05) is 11.8 Å². The fraction of sp³-hybridized carbons (Fsp3) is 0.556. The van der Waals surface area contributed by atoms with Crippen molar-refractivity contribution < 1.29 is 9.59 Å². The van der Waals surface area contributed by atoms with Crippen LogP contribution in [0.5, 0.6) is 0 Å². The molecule has 0 bridgehead atoms. The third-order valence-electron chi connectivity index (χ3n) is 3.20. The number of hydrogen-bond donors (Lipinski definition) is 1. The van der Waals surface area contributed by atoms with Crippen molar-refractivity contribution in [3.8, 4) is 0 Å². The lowest BCUT2D eigenvalue weighted by Gasteiger charge is -2.26. The van der Waals surface area contributed by atoms with Gasteiger partial charge in [-0.2, -0.15) is 0 Å². The molecule has 0 aliphatic carbocycles. The molecule has 0 saturated carbocycles. The van der Waals surface area contributed by atoms with E-state index in [2.05, 4.69) is 33.0 Å². The monoisotopic (exact) mass is 304 g/mol. The Labute approximate surface area is 133 Å². The molecule has 22 heavy (non-hydrogen) atoms. The molecule has 1 aromatic carbocycles. The lowest BCUT2D eigenvalue weighted by molar-refractivity contribution is -0.115. The van der Waals surface area contributed by atoms with Crippen LogP contribution in [0.4, 0.5) is 5.69 Å². The second kappa shape index (κ2) is 8.57. The summed E-state index contributed by atoms with van der Waals surface area (Å²) in [4.78, 5) is 25.9. The van der Waals surface area contributed by atoms with E-state index in [9.17, 15) is 9.59 Å². The summed E-state index contributed by atoms with van der Waals surface area (Å²) in [7, 11) is 0. The summed E-state index contributed by atoms with van der Waals surface area (Å²) < 4.78 is 0. The van der Waals surface area contributed by atoms with Crippen LogP contribution in [0.2, 0.25) is 0 Å². The fourth-order valence-corrected chi connectivity index (χ4v) is 2.25. The minimum absolute atomic E-state index is 0.0275. The quantitative estimate of drug-likeness (QED) is 0.833. The minimum atomic E-state index is -0.0275. The summed E-state index contributed by atoms with van der Waals surface area (Å²) >= 11 is 0. The van der Waals surface area contributed by atoms with Gasteiger partial charge in [-0.25, -0.2) is 0 Å². The van der Waals surface area contributed by atoms with Crippen LogP contribution >= 0.6 is 0 Å². The van der Waals surface area contributed by atoms with Crippen LogP contribution in [0.1, 0.15) is 51.4 Å². The molecule has 1 N–H and O–H groups in total. The lowest BCUT2D eigenvalue weighted by atomic mass is 10.1. The van der Waals surface area contributed by atoms with E-state index in [1.165, 1.54) is 0 Å². The van der Waals surface area contributed by atoms with E-state index in [0.29, 0.717) is 23.8 Å². The third-order valence-corrected chi connectivity index (χ3v) is 3.20. The van der Waals surface area contributed by atoms with Gasteiger partial charge in [0.05, 0.1) is 0 Å². The van der Waals surface area contributed by atoms with Gasteiger partial charge in [0.15, 0.2) is 0 Å². The molecule has 1 rings (SSSR count). The molecule has 0 aromatic heterocycles. The van der Waals surface area contributed by atoms with Crippen LogP contribution in [0, 0.1) is 11.8 Å². The topological polar surface area (TPSA) is 49.4 Å². The van der Waals surface area contributed by atoms with E-state index in [0.717, 1.165) is 18.8 Å². The van der Waals surface area contributed by atoms with Crippen LogP contribution in [0.15, 0.2) is 24.3 Å². The number of benzene rings is 1. The summed E-state index contributed by atoms with van der Waals surface area (Å²) in [6.07, 6.45) is 0.442.